The van der Waals surface area contributed by atoms with E-state index in [2.05, 4.69) is 20.6 Å². The molecular formula is C20H20F2N6. The van der Waals surface area contributed by atoms with Gasteiger partial charge in [0.25, 0.3) is 0 Å². The maximum absolute atomic E-state index is 14.2. The smallest absolute Gasteiger partial charge is 0.160 e. The topological polar surface area (TPSA) is 60.0 Å². The number of pyridine rings is 1. The monoisotopic (exact) mass is 382 g/mol. The molecule has 1 aromatic carbocycles. The molecule has 3 heterocycles. The summed E-state index contributed by atoms with van der Waals surface area (Å²) in [5.41, 5.74) is 3.56. The van der Waals surface area contributed by atoms with Gasteiger partial charge < -0.3 is 5.32 Å². The van der Waals surface area contributed by atoms with Crippen LogP contribution in [0.15, 0.2) is 42.6 Å². The molecule has 4 aromatic rings. The predicted molar refractivity (Wildman–Crippen MR) is 101 cm³/mol. The van der Waals surface area contributed by atoms with Gasteiger partial charge in [0, 0.05) is 30.1 Å². The third-order valence-electron chi connectivity index (χ3n) is 4.89. The van der Waals surface area contributed by atoms with Crippen LogP contribution in [0.3, 0.4) is 0 Å². The summed E-state index contributed by atoms with van der Waals surface area (Å²) in [6.45, 7) is 6.29. The molecule has 0 aliphatic carbocycles. The van der Waals surface area contributed by atoms with Crippen molar-refractivity contribution < 1.29 is 8.78 Å². The fraction of sp³-hybridized carbons (Fsp3) is 0.250. The minimum absolute atomic E-state index is 0.0536. The highest BCUT2D eigenvalue weighted by Gasteiger charge is 2.18. The summed E-state index contributed by atoms with van der Waals surface area (Å²) in [6.07, 6.45) is 1.93. The van der Waals surface area contributed by atoms with Crippen molar-refractivity contribution in [3.63, 3.8) is 0 Å². The Hall–Kier alpha value is -3.13. The van der Waals surface area contributed by atoms with Crippen molar-refractivity contribution in [1.29, 1.82) is 0 Å². The molecule has 0 saturated heterocycles. The normalized spacial score (nSPS) is 12.6. The Bertz CT molecular complexity index is 1150. The van der Waals surface area contributed by atoms with Gasteiger partial charge in [-0.15, -0.1) is 10.2 Å². The average Bonchev–Trinajstić information content (AvgIpc) is 3.21. The molecular weight excluding hydrogens is 362 g/mol. The van der Waals surface area contributed by atoms with Crippen molar-refractivity contribution >= 4 is 5.65 Å². The second kappa shape index (κ2) is 7.12. The third kappa shape index (κ3) is 3.16. The summed E-state index contributed by atoms with van der Waals surface area (Å²) >= 11 is 0. The molecule has 0 radical (unpaired) electrons. The van der Waals surface area contributed by atoms with Crippen LogP contribution < -0.4 is 5.32 Å². The number of hydrogen-bond acceptors (Lipinski definition) is 4. The molecule has 0 aliphatic heterocycles. The van der Waals surface area contributed by atoms with Gasteiger partial charge in [-0.3, -0.25) is 4.40 Å². The lowest BCUT2D eigenvalue weighted by atomic mass is 10.1. The quantitative estimate of drug-likeness (QED) is 0.572. The number of benzene rings is 1. The summed E-state index contributed by atoms with van der Waals surface area (Å²) in [5.74, 6) is -0.449. The van der Waals surface area contributed by atoms with Gasteiger partial charge in [-0.25, -0.2) is 13.5 Å². The van der Waals surface area contributed by atoms with Gasteiger partial charge in [-0.1, -0.05) is 6.07 Å². The van der Waals surface area contributed by atoms with Crippen LogP contribution in [0.2, 0.25) is 0 Å². The van der Waals surface area contributed by atoms with Crippen molar-refractivity contribution in [2.24, 2.45) is 0 Å². The van der Waals surface area contributed by atoms with E-state index >= 15 is 0 Å². The van der Waals surface area contributed by atoms with Gasteiger partial charge in [0.2, 0.25) is 0 Å². The van der Waals surface area contributed by atoms with E-state index in [1.165, 1.54) is 16.8 Å². The number of halogens is 2. The Labute approximate surface area is 160 Å². The predicted octanol–water partition coefficient (Wildman–Crippen LogP) is 3.66. The Morgan fingerprint density at radius 3 is 2.71 bits per heavy atom. The van der Waals surface area contributed by atoms with Gasteiger partial charge in [-0.05, 0) is 45.0 Å². The summed E-state index contributed by atoms with van der Waals surface area (Å²) in [6, 6.07) is 9.18. The Kier molecular flexibility index (Phi) is 4.64. The SMILES string of the molecule is Cc1nn(-c2ccc(F)cc2F)c(C)c1CNC(C)c1nnc2ccccn12. The van der Waals surface area contributed by atoms with E-state index in [-0.39, 0.29) is 11.7 Å². The molecule has 1 unspecified atom stereocenters. The van der Waals surface area contributed by atoms with Crippen LogP contribution in [-0.2, 0) is 6.54 Å². The van der Waals surface area contributed by atoms with E-state index < -0.39 is 11.6 Å². The maximum Gasteiger partial charge on any atom is 0.160 e. The highest BCUT2D eigenvalue weighted by Crippen LogP contribution is 2.22. The highest BCUT2D eigenvalue weighted by atomic mass is 19.1. The lowest BCUT2D eigenvalue weighted by molar-refractivity contribution is 0.539. The summed E-state index contributed by atoms with van der Waals surface area (Å²) in [7, 11) is 0. The van der Waals surface area contributed by atoms with Gasteiger partial charge in [0.15, 0.2) is 17.3 Å². The first-order valence-electron chi connectivity index (χ1n) is 8.99. The first-order valence-corrected chi connectivity index (χ1v) is 8.99. The summed E-state index contributed by atoms with van der Waals surface area (Å²) in [4.78, 5) is 0. The average molecular weight is 382 g/mol. The first kappa shape index (κ1) is 18.2. The summed E-state index contributed by atoms with van der Waals surface area (Å²) in [5, 5.41) is 16.3. The standard InChI is InChI=1S/C20H20F2N6/c1-12-16(14(3)28(26-12)18-8-7-15(21)10-17(18)22)11-23-13(2)20-25-24-19-6-4-5-9-27(19)20/h4-10,13,23H,11H2,1-3H3. The molecule has 1 N–H and O–H groups in total. The van der Waals surface area contributed by atoms with E-state index in [9.17, 15) is 8.78 Å². The number of rotatable bonds is 5. The second-order valence-corrected chi connectivity index (χ2v) is 6.75. The molecule has 0 spiro atoms. The van der Waals surface area contributed by atoms with E-state index in [1.807, 2.05) is 49.6 Å². The highest BCUT2D eigenvalue weighted by molar-refractivity contribution is 5.39. The molecule has 144 valence electrons. The lowest BCUT2D eigenvalue weighted by Gasteiger charge is -2.13. The maximum atomic E-state index is 14.2. The van der Waals surface area contributed by atoms with Crippen molar-refractivity contribution in [3.8, 4) is 5.69 Å². The molecule has 8 heteroatoms. The Morgan fingerprint density at radius 2 is 1.93 bits per heavy atom. The van der Waals surface area contributed by atoms with Gasteiger partial charge in [-0.2, -0.15) is 5.10 Å². The molecule has 3 aromatic heterocycles. The number of nitrogens with one attached hydrogen (secondary N) is 1. The molecule has 0 saturated carbocycles. The second-order valence-electron chi connectivity index (χ2n) is 6.75. The molecule has 0 aliphatic rings. The van der Waals surface area contributed by atoms with Crippen LogP contribution in [0, 0.1) is 25.5 Å². The van der Waals surface area contributed by atoms with E-state index in [1.54, 1.807) is 0 Å². The fourth-order valence-electron chi connectivity index (χ4n) is 3.32. The van der Waals surface area contributed by atoms with Crippen LogP contribution in [0.25, 0.3) is 11.3 Å². The van der Waals surface area contributed by atoms with Gasteiger partial charge in [0.05, 0.1) is 11.7 Å². The fourth-order valence-corrected chi connectivity index (χ4v) is 3.32. The zero-order valence-corrected chi connectivity index (χ0v) is 15.8. The number of aryl methyl sites for hydroxylation is 1. The minimum atomic E-state index is -0.645. The van der Waals surface area contributed by atoms with Crippen LogP contribution in [0.5, 0.6) is 0 Å². The van der Waals surface area contributed by atoms with Crippen molar-refractivity contribution in [2.75, 3.05) is 0 Å². The number of hydrogen-bond donors (Lipinski definition) is 1. The zero-order chi connectivity index (χ0) is 19.8. The molecule has 28 heavy (non-hydrogen) atoms. The van der Waals surface area contributed by atoms with Gasteiger partial charge >= 0.3 is 0 Å². The molecule has 4 rings (SSSR count). The minimum Gasteiger partial charge on any atom is -0.303 e. The zero-order valence-electron chi connectivity index (χ0n) is 15.8. The molecule has 0 fully saturated rings. The first-order chi connectivity index (χ1) is 13.5. The van der Waals surface area contributed by atoms with Crippen LogP contribution in [-0.4, -0.2) is 24.4 Å². The van der Waals surface area contributed by atoms with Crippen molar-refractivity contribution in [3.05, 3.63) is 77.0 Å². The molecule has 0 amide bonds. The molecule has 0 bridgehead atoms. The summed E-state index contributed by atoms with van der Waals surface area (Å²) < 4.78 is 30.8. The van der Waals surface area contributed by atoms with Crippen molar-refractivity contribution in [2.45, 2.75) is 33.4 Å². The van der Waals surface area contributed by atoms with Crippen molar-refractivity contribution in [1.82, 2.24) is 29.7 Å². The van der Waals surface area contributed by atoms with Crippen LogP contribution in [0.1, 0.15) is 35.7 Å². The largest absolute Gasteiger partial charge is 0.303 e. The Morgan fingerprint density at radius 1 is 1.11 bits per heavy atom. The Balaban J connectivity index is 1.58. The van der Waals surface area contributed by atoms with E-state index in [0.29, 0.717) is 6.54 Å². The van der Waals surface area contributed by atoms with E-state index in [4.69, 9.17) is 0 Å². The molecule has 1 atom stereocenters. The molecule has 6 nitrogen and oxygen atoms in total. The van der Waals surface area contributed by atoms with Crippen LogP contribution in [0.4, 0.5) is 8.78 Å². The van der Waals surface area contributed by atoms with E-state index in [0.717, 1.165) is 34.5 Å². The number of nitrogens with zero attached hydrogens (tertiary/aromatic N) is 5. The number of fused-ring (bicyclic) bond motifs is 1. The lowest BCUT2D eigenvalue weighted by Crippen LogP contribution is -2.21. The number of aromatic nitrogens is 5. The van der Waals surface area contributed by atoms with Crippen LogP contribution >= 0.6 is 0 Å². The third-order valence-corrected chi connectivity index (χ3v) is 4.89. The van der Waals surface area contributed by atoms with Gasteiger partial charge in [0.1, 0.15) is 11.5 Å².